The topological polar surface area (TPSA) is 44.1 Å². The van der Waals surface area contributed by atoms with Gasteiger partial charge in [-0.3, -0.25) is 4.79 Å². The Bertz CT molecular complexity index is 715. The molecule has 2 aromatic heterocycles. The van der Waals surface area contributed by atoms with Crippen LogP contribution in [0.3, 0.4) is 0 Å². The molecule has 0 aromatic carbocycles. The summed E-state index contributed by atoms with van der Waals surface area (Å²) in [6.07, 6.45) is 2.71. The zero-order chi connectivity index (χ0) is 13.8. The monoisotopic (exact) mass is 296 g/mol. The second-order valence-electron chi connectivity index (χ2n) is 5.37. The van der Waals surface area contributed by atoms with Gasteiger partial charge in [-0.15, -0.1) is 23.1 Å². The van der Waals surface area contributed by atoms with Crippen molar-refractivity contribution in [1.29, 1.82) is 0 Å². The predicted octanol–water partition coefficient (Wildman–Crippen LogP) is 2.57. The van der Waals surface area contributed by atoms with Gasteiger partial charge in [-0.2, -0.15) is 0 Å². The van der Waals surface area contributed by atoms with E-state index >= 15 is 0 Å². The van der Waals surface area contributed by atoms with E-state index in [0.717, 1.165) is 16.8 Å². The highest BCUT2D eigenvalue weighted by Crippen LogP contribution is 2.37. The summed E-state index contributed by atoms with van der Waals surface area (Å²) >= 11 is 3.04. The highest BCUT2D eigenvalue weighted by molar-refractivity contribution is 7.98. The lowest BCUT2D eigenvalue weighted by Gasteiger charge is -2.30. The number of thioether (sulfide) groups is 1. The minimum Gasteiger partial charge on any atom is -0.370 e. The van der Waals surface area contributed by atoms with Gasteiger partial charge >= 0.3 is 0 Å². The van der Waals surface area contributed by atoms with Gasteiger partial charge in [0.05, 0.1) is 17.7 Å². The third-order valence-electron chi connectivity index (χ3n) is 3.46. The molecule has 0 fully saturated rings. The maximum atomic E-state index is 12.2. The van der Waals surface area contributed by atoms with Crippen LogP contribution in [0.1, 0.15) is 24.3 Å². The summed E-state index contributed by atoms with van der Waals surface area (Å²) in [5.41, 5.74) is 2.04. The van der Waals surface area contributed by atoms with Crippen LogP contribution < -0.4 is 5.56 Å². The molecular weight excluding hydrogens is 280 g/mol. The maximum absolute atomic E-state index is 12.2. The van der Waals surface area contributed by atoms with E-state index in [-0.39, 0.29) is 11.2 Å². The normalized spacial score (nSPS) is 17.7. The quantitative estimate of drug-likeness (QED) is 0.759. The first-order valence-corrected chi connectivity index (χ1v) is 8.16. The van der Waals surface area contributed by atoms with E-state index in [2.05, 4.69) is 18.8 Å². The van der Waals surface area contributed by atoms with Crippen LogP contribution in [0.4, 0.5) is 0 Å². The van der Waals surface area contributed by atoms with Gasteiger partial charge in [-0.25, -0.2) is 4.98 Å². The molecule has 0 spiro atoms. The molecule has 0 unspecified atom stereocenters. The zero-order valence-electron chi connectivity index (χ0n) is 11.4. The molecule has 19 heavy (non-hydrogen) atoms. The minimum absolute atomic E-state index is 0.00935. The molecule has 102 valence electrons. The smallest absolute Gasteiger partial charge is 0.283 e. The van der Waals surface area contributed by atoms with Crippen LogP contribution in [0.25, 0.3) is 10.3 Å². The molecule has 1 aliphatic rings. The lowest BCUT2D eigenvalue weighted by atomic mass is 9.95. The number of fused-ring (bicyclic) bond motifs is 3. The molecule has 0 aliphatic carbocycles. The number of aryl methyl sites for hydroxylation is 1. The Hall–Kier alpha value is -0.850. The second-order valence-corrected chi connectivity index (χ2v) is 7.25. The first-order chi connectivity index (χ1) is 8.93. The largest absolute Gasteiger partial charge is 0.370 e. The van der Waals surface area contributed by atoms with Crippen LogP contribution in [0.15, 0.2) is 9.82 Å². The average molecular weight is 296 g/mol. The number of rotatable bonds is 1. The summed E-state index contributed by atoms with van der Waals surface area (Å²) in [7, 11) is 1.83. The van der Waals surface area contributed by atoms with E-state index < -0.39 is 0 Å². The lowest BCUT2D eigenvalue weighted by molar-refractivity contribution is -0.0379. The summed E-state index contributed by atoms with van der Waals surface area (Å²) in [6.45, 7) is 4.79. The number of ether oxygens (including phenoxy) is 1. The van der Waals surface area contributed by atoms with E-state index in [1.807, 2.05) is 13.3 Å². The van der Waals surface area contributed by atoms with Gasteiger partial charge in [0.1, 0.15) is 4.83 Å². The molecule has 2 aromatic rings. The number of hydrogen-bond acceptors (Lipinski definition) is 5. The minimum atomic E-state index is -0.171. The Kier molecular flexibility index (Phi) is 2.99. The number of nitrogens with zero attached hydrogens (tertiary/aromatic N) is 2. The number of hydrogen-bond donors (Lipinski definition) is 0. The summed E-state index contributed by atoms with van der Waals surface area (Å²) in [4.78, 5) is 18.9. The van der Waals surface area contributed by atoms with Crippen LogP contribution in [0, 0.1) is 0 Å². The van der Waals surface area contributed by atoms with E-state index in [1.165, 1.54) is 22.2 Å². The summed E-state index contributed by atoms with van der Waals surface area (Å²) in [5.74, 6) is 0. The van der Waals surface area contributed by atoms with E-state index in [9.17, 15) is 4.79 Å². The molecule has 3 heterocycles. The van der Waals surface area contributed by atoms with Crippen LogP contribution in [-0.2, 0) is 24.8 Å². The Morgan fingerprint density at radius 3 is 2.89 bits per heavy atom. The number of thiophene rings is 1. The standard InChI is InChI=1S/C13H16N2O2S2/c1-13(2)5-7-8(6-17-13)19-10-9(7)15(3)12(16)11(14-10)18-4/h5-6H2,1-4H3. The van der Waals surface area contributed by atoms with E-state index in [1.54, 1.807) is 15.9 Å². The van der Waals surface area contributed by atoms with Crippen molar-refractivity contribution in [2.45, 2.75) is 37.5 Å². The SMILES string of the molecule is CSc1nc2sc3c(c2n(C)c1=O)CC(C)(C)OC3. The summed E-state index contributed by atoms with van der Waals surface area (Å²) < 4.78 is 7.58. The van der Waals surface area contributed by atoms with Crippen LogP contribution >= 0.6 is 23.1 Å². The van der Waals surface area contributed by atoms with Gasteiger partial charge in [0.15, 0.2) is 5.03 Å². The Labute approximate surface area is 119 Å². The van der Waals surface area contributed by atoms with Gasteiger partial charge in [0.2, 0.25) is 0 Å². The molecule has 0 atom stereocenters. The van der Waals surface area contributed by atoms with Gasteiger partial charge in [0.25, 0.3) is 5.56 Å². The fourth-order valence-electron chi connectivity index (χ4n) is 2.46. The third kappa shape index (κ3) is 2.02. The lowest BCUT2D eigenvalue weighted by Crippen LogP contribution is -2.31. The van der Waals surface area contributed by atoms with Crippen LogP contribution in [-0.4, -0.2) is 21.4 Å². The van der Waals surface area contributed by atoms with Gasteiger partial charge < -0.3 is 9.30 Å². The Morgan fingerprint density at radius 2 is 2.21 bits per heavy atom. The van der Waals surface area contributed by atoms with Crippen molar-refractivity contribution in [3.8, 4) is 0 Å². The van der Waals surface area contributed by atoms with Crippen molar-refractivity contribution in [1.82, 2.24) is 9.55 Å². The highest BCUT2D eigenvalue weighted by atomic mass is 32.2. The summed E-state index contributed by atoms with van der Waals surface area (Å²) in [5, 5.41) is 0.564. The molecule has 0 saturated heterocycles. The van der Waals surface area contributed by atoms with Crippen molar-refractivity contribution in [3.05, 3.63) is 20.8 Å². The van der Waals surface area contributed by atoms with Crippen molar-refractivity contribution in [2.75, 3.05) is 6.26 Å². The molecule has 0 bridgehead atoms. The van der Waals surface area contributed by atoms with Gasteiger partial charge in [-0.1, -0.05) is 0 Å². The fourth-order valence-corrected chi connectivity index (χ4v) is 4.15. The molecular formula is C13H16N2O2S2. The molecule has 3 rings (SSSR count). The van der Waals surface area contributed by atoms with Crippen LogP contribution in [0.2, 0.25) is 0 Å². The first kappa shape index (κ1) is 13.1. The van der Waals surface area contributed by atoms with Crippen molar-refractivity contribution < 1.29 is 4.74 Å². The van der Waals surface area contributed by atoms with E-state index in [4.69, 9.17) is 4.74 Å². The molecule has 1 aliphatic heterocycles. The Morgan fingerprint density at radius 1 is 1.47 bits per heavy atom. The maximum Gasteiger partial charge on any atom is 0.283 e. The molecule has 0 saturated carbocycles. The molecule has 4 nitrogen and oxygen atoms in total. The van der Waals surface area contributed by atoms with Crippen molar-refractivity contribution in [3.63, 3.8) is 0 Å². The molecule has 0 radical (unpaired) electrons. The second kappa shape index (κ2) is 4.33. The summed E-state index contributed by atoms with van der Waals surface area (Å²) in [6, 6.07) is 0. The van der Waals surface area contributed by atoms with Gasteiger partial charge in [0, 0.05) is 18.3 Å². The molecule has 0 N–H and O–H groups in total. The molecule has 6 heteroatoms. The Balaban J connectivity index is 2.32. The predicted molar refractivity (Wildman–Crippen MR) is 79.2 cm³/mol. The average Bonchev–Trinajstić information content (AvgIpc) is 2.70. The van der Waals surface area contributed by atoms with Crippen LogP contribution in [0.5, 0.6) is 0 Å². The van der Waals surface area contributed by atoms with Crippen molar-refractivity contribution in [2.24, 2.45) is 7.05 Å². The first-order valence-electron chi connectivity index (χ1n) is 6.12. The molecule has 0 amide bonds. The van der Waals surface area contributed by atoms with Gasteiger partial charge in [-0.05, 0) is 25.7 Å². The van der Waals surface area contributed by atoms with Crippen molar-refractivity contribution >= 4 is 33.4 Å². The highest BCUT2D eigenvalue weighted by Gasteiger charge is 2.30. The van der Waals surface area contributed by atoms with E-state index in [0.29, 0.717) is 11.6 Å². The fraction of sp³-hybridized carbons (Fsp3) is 0.538. The number of aromatic nitrogens is 2. The third-order valence-corrected chi connectivity index (χ3v) is 5.20. The zero-order valence-corrected chi connectivity index (χ0v) is 13.1.